The number of fused-ring (bicyclic) bond motifs is 1. The number of H-pyrrole nitrogens is 1. The molecule has 238 valence electrons. The number of ether oxygens (including phenoxy) is 3. The van der Waals surface area contributed by atoms with Crippen LogP contribution in [0.3, 0.4) is 0 Å². The van der Waals surface area contributed by atoms with E-state index >= 15 is 0 Å². The van der Waals surface area contributed by atoms with Crippen molar-refractivity contribution in [3.63, 3.8) is 0 Å². The van der Waals surface area contributed by atoms with Crippen molar-refractivity contribution >= 4 is 34.6 Å². The molecule has 0 spiro atoms. The second-order valence-corrected chi connectivity index (χ2v) is 12.4. The Morgan fingerprint density at radius 2 is 1.38 bits per heavy atom. The van der Waals surface area contributed by atoms with Gasteiger partial charge in [0.25, 0.3) is 5.56 Å². The summed E-state index contributed by atoms with van der Waals surface area (Å²) in [5, 5.41) is 30.6. The zero-order valence-corrected chi connectivity index (χ0v) is 23.2. The Labute approximate surface area is 232 Å². The van der Waals surface area contributed by atoms with E-state index in [1.165, 1.54) is 0 Å². The fraction of sp³-hybridized carbons (Fsp3) is 0.688. The molecule has 2 saturated heterocycles. The van der Waals surface area contributed by atoms with Gasteiger partial charge in [0, 0.05) is 0 Å². The average Bonchev–Trinajstić information content (AvgIpc) is 3.42. The molecule has 42 heavy (non-hydrogen) atoms. The Hall–Kier alpha value is -1.56. The van der Waals surface area contributed by atoms with Crippen molar-refractivity contribution in [2.24, 2.45) is 0 Å². The second kappa shape index (κ2) is 12.4. The van der Waals surface area contributed by atoms with Crippen molar-refractivity contribution in [3.8, 4) is 0 Å². The van der Waals surface area contributed by atoms with E-state index in [9.17, 15) is 63.2 Å². The number of phosphoric acid groups is 3. The average molecular weight is 670 g/mol. The number of hydrogen-bond acceptors (Lipinski definition) is 15. The van der Waals surface area contributed by atoms with Crippen LogP contribution in [-0.2, 0) is 41.5 Å². The van der Waals surface area contributed by atoms with E-state index in [4.69, 9.17) is 18.7 Å². The molecule has 2 aromatic heterocycles. The Balaban J connectivity index is 1.71. The van der Waals surface area contributed by atoms with Gasteiger partial charge in [0.1, 0.15) is 42.7 Å². The van der Waals surface area contributed by atoms with Crippen molar-refractivity contribution in [1.29, 1.82) is 0 Å². The van der Waals surface area contributed by atoms with Crippen LogP contribution in [0.2, 0.25) is 0 Å². The maximum atomic E-state index is 12.1. The number of aliphatic hydroxyl groups is 3. The lowest BCUT2D eigenvalue weighted by atomic mass is 9.99. The van der Waals surface area contributed by atoms with E-state index in [0.717, 1.165) is 17.2 Å². The largest absolute Gasteiger partial charge is 0.470 e. The molecule has 10 N–H and O–H groups in total. The first kappa shape index (κ1) is 33.3. The summed E-state index contributed by atoms with van der Waals surface area (Å²) in [5.41, 5.74) is -1.05. The predicted octanol–water partition coefficient (Wildman–Crippen LogP) is -4.09. The number of imidazole rings is 1. The summed E-state index contributed by atoms with van der Waals surface area (Å²) < 4.78 is 66.3. The summed E-state index contributed by atoms with van der Waals surface area (Å²) in [6.45, 7) is -2.07. The van der Waals surface area contributed by atoms with Crippen molar-refractivity contribution in [1.82, 2.24) is 19.5 Å². The van der Waals surface area contributed by atoms with Crippen molar-refractivity contribution in [2.75, 3.05) is 13.2 Å². The molecule has 0 unspecified atom stereocenters. The quantitative estimate of drug-likeness (QED) is 0.102. The lowest BCUT2D eigenvalue weighted by molar-refractivity contribution is -0.313. The van der Waals surface area contributed by atoms with E-state index in [-0.39, 0.29) is 11.2 Å². The molecule has 0 bridgehead atoms. The van der Waals surface area contributed by atoms with Crippen LogP contribution in [0.4, 0.5) is 0 Å². The van der Waals surface area contributed by atoms with Crippen LogP contribution in [0.25, 0.3) is 11.2 Å². The van der Waals surface area contributed by atoms with Crippen LogP contribution in [0.5, 0.6) is 0 Å². The number of hydrogen-bond donors (Lipinski definition) is 10. The molecule has 0 amide bonds. The van der Waals surface area contributed by atoms with Gasteiger partial charge in [-0.15, -0.1) is 0 Å². The van der Waals surface area contributed by atoms with Crippen molar-refractivity contribution in [2.45, 2.75) is 55.2 Å². The lowest BCUT2D eigenvalue weighted by Crippen LogP contribution is -2.61. The minimum Gasteiger partial charge on any atom is -0.394 e. The standard InChI is InChI=1S/C16H25N4O19P3/c21-1-5-9(12(39-42(31,32)33)15(34-5)20-4-19-7-13(20)17-3-18-14(7)24)36-16-8(23)11(38-41(28,29)30)10(6(2-22)35-16)37-40(25,26)27/h3-6,8-12,15-16,21-23H,1-2H2,(H,17,18,24)(H2,25,26,27)(H2,28,29,30)(H2,31,32,33)/t5-,6-,8-,9-,10-,11-,12-,15-,16-/m1/s1. The highest BCUT2D eigenvalue weighted by atomic mass is 31.2. The molecule has 2 aromatic rings. The summed E-state index contributed by atoms with van der Waals surface area (Å²) in [6, 6.07) is 0. The predicted molar refractivity (Wildman–Crippen MR) is 127 cm³/mol. The van der Waals surface area contributed by atoms with Crippen molar-refractivity contribution in [3.05, 3.63) is 23.0 Å². The van der Waals surface area contributed by atoms with E-state index in [1.54, 1.807) is 0 Å². The monoisotopic (exact) mass is 670 g/mol. The molecule has 2 fully saturated rings. The van der Waals surface area contributed by atoms with E-state index in [0.29, 0.717) is 0 Å². The van der Waals surface area contributed by atoms with Gasteiger partial charge < -0.3 is 63.9 Å². The van der Waals surface area contributed by atoms with Crippen LogP contribution in [0.15, 0.2) is 17.4 Å². The number of rotatable bonds is 11. The normalized spacial score (nSPS) is 32.9. The minimum atomic E-state index is -5.53. The number of aromatic amines is 1. The Bertz CT molecular complexity index is 1450. The second-order valence-electron chi connectivity index (χ2n) is 8.80. The fourth-order valence-corrected chi connectivity index (χ4v) is 6.11. The third-order valence-corrected chi connectivity index (χ3v) is 7.52. The molecule has 0 radical (unpaired) electrons. The van der Waals surface area contributed by atoms with E-state index in [1.807, 2.05) is 0 Å². The number of aliphatic hydroxyl groups excluding tert-OH is 3. The van der Waals surface area contributed by atoms with Gasteiger partial charge in [0.2, 0.25) is 0 Å². The highest BCUT2D eigenvalue weighted by Gasteiger charge is 2.56. The molecule has 4 heterocycles. The van der Waals surface area contributed by atoms with Gasteiger partial charge in [-0.3, -0.25) is 22.9 Å². The van der Waals surface area contributed by atoms with Gasteiger partial charge in [-0.05, 0) is 0 Å². The van der Waals surface area contributed by atoms with Crippen LogP contribution < -0.4 is 5.56 Å². The summed E-state index contributed by atoms with van der Waals surface area (Å²) in [6.07, 6.45) is -15.8. The van der Waals surface area contributed by atoms with Gasteiger partial charge in [0.05, 0.1) is 25.9 Å². The lowest BCUT2D eigenvalue weighted by Gasteiger charge is -2.44. The summed E-state index contributed by atoms with van der Waals surface area (Å²) >= 11 is 0. The molecule has 23 nitrogen and oxygen atoms in total. The number of nitrogens with zero attached hydrogens (tertiary/aromatic N) is 3. The smallest absolute Gasteiger partial charge is 0.394 e. The van der Waals surface area contributed by atoms with Gasteiger partial charge in [0.15, 0.2) is 23.7 Å². The van der Waals surface area contributed by atoms with Gasteiger partial charge in [-0.1, -0.05) is 0 Å². The number of aromatic nitrogens is 4. The molecule has 2 aliphatic heterocycles. The molecule has 9 atom stereocenters. The molecule has 26 heteroatoms. The van der Waals surface area contributed by atoms with Crippen LogP contribution in [0, 0.1) is 0 Å². The SMILES string of the molecule is O=c1[nH]cnc2c1ncn2[C@@H]1O[C@H](CO)[C@@H](O[C@H]2O[C@H](CO)[C@@H](OP(=O)(O)O)[C@H](OP(=O)(O)O)[C@H]2O)[C@H]1OP(=O)(O)O. The van der Waals surface area contributed by atoms with Crippen LogP contribution in [0.1, 0.15) is 6.23 Å². The number of phosphoric ester groups is 3. The molecule has 0 aromatic carbocycles. The molecular formula is C16H25N4O19P3. The molecule has 2 aliphatic rings. The summed E-state index contributed by atoms with van der Waals surface area (Å²) in [4.78, 5) is 78.4. The van der Waals surface area contributed by atoms with Gasteiger partial charge >= 0.3 is 23.5 Å². The van der Waals surface area contributed by atoms with Crippen molar-refractivity contribution < 1.29 is 86.2 Å². The fourth-order valence-electron chi connectivity index (χ4n) is 4.44. The summed E-state index contributed by atoms with van der Waals surface area (Å²) in [7, 11) is -16.4. The highest BCUT2D eigenvalue weighted by molar-refractivity contribution is 7.46. The minimum absolute atomic E-state index is 0.151. The molecule has 4 rings (SSSR count). The maximum absolute atomic E-state index is 12.1. The maximum Gasteiger partial charge on any atom is 0.470 e. The van der Waals surface area contributed by atoms with Gasteiger partial charge in [-0.25, -0.2) is 23.7 Å². The molecule has 0 saturated carbocycles. The number of nitrogens with one attached hydrogen (secondary N) is 1. The van der Waals surface area contributed by atoms with E-state index < -0.39 is 97.5 Å². The topological polar surface area (TPSA) is 352 Å². The first-order valence-corrected chi connectivity index (χ1v) is 16.0. The first-order valence-electron chi connectivity index (χ1n) is 11.4. The Morgan fingerprint density at radius 1 is 0.833 bits per heavy atom. The zero-order valence-electron chi connectivity index (χ0n) is 20.6. The van der Waals surface area contributed by atoms with E-state index in [2.05, 4.69) is 24.0 Å². The Kier molecular flexibility index (Phi) is 9.88. The molecule has 0 aliphatic carbocycles. The molecular weight excluding hydrogens is 645 g/mol. The third-order valence-electron chi connectivity index (χ3n) is 5.97. The first-order chi connectivity index (χ1) is 19.4. The highest BCUT2D eigenvalue weighted by Crippen LogP contribution is 2.49. The summed E-state index contributed by atoms with van der Waals surface area (Å²) in [5.74, 6) is 0. The van der Waals surface area contributed by atoms with Crippen LogP contribution in [-0.4, -0.2) is 126 Å². The zero-order chi connectivity index (χ0) is 31.2. The van der Waals surface area contributed by atoms with Gasteiger partial charge in [-0.2, -0.15) is 0 Å². The van der Waals surface area contributed by atoms with Crippen LogP contribution >= 0.6 is 23.5 Å². The third kappa shape index (κ3) is 7.56. The Morgan fingerprint density at radius 3 is 1.95 bits per heavy atom.